The van der Waals surface area contributed by atoms with Gasteiger partial charge in [0.05, 0.1) is 17.2 Å². The van der Waals surface area contributed by atoms with Crippen LogP contribution in [-0.4, -0.2) is 55.7 Å². The molecule has 4 aromatic rings. The molecule has 44 heavy (non-hydrogen) atoms. The van der Waals surface area contributed by atoms with Crippen LogP contribution in [-0.2, 0) is 4.79 Å². The second-order valence-electron chi connectivity index (χ2n) is 10.8. The minimum atomic E-state index is -0.349. The number of likely N-dealkylation sites (N-methyl/N-ethyl adjacent to an activating group) is 1. The number of hydrogen-bond acceptors (Lipinski definition) is 7. The quantitative estimate of drug-likeness (QED) is 0.203. The largest absolute Gasteiger partial charge is 0.369 e. The van der Waals surface area contributed by atoms with E-state index >= 15 is 0 Å². The number of nitrogens with one attached hydrogen (secondary N) is 3. The lowest BCUT2D eigenvalue weighted by Gasteiger charge is -2.34. The highest BCUT2D eigenvalue weighted by molar-refractivity contribution is 6.32. The Kier molecular flexibility index (Phi) is 7.91. The molecule has 1 fully saturated rings. The molecule has 2 amide bonds. The number of hydrogen-bond donors (Lipinski definition) is 3. The first kappa shape index (κ1) is 28.4. The Morgan fingerprint density at radius 1 is 0.841 bits per heavy atom. The minimum Gasteiger partial charge on any atom is -0.369 e. The third-order valence-electron chi connectivity index (χ3n) is 7.84. The third kappa shape index (κ3) is 6.07. The highest BCUT2D eigenvalue weighted by Crippen LogP contribution is 2.33. The van der Waals surface area contributed by atoms with E-state index in [1.54, 1.807) is 72.9 Å². The molecule has 0 spiro atoms. The monoisotopic (exact) mass is 582 g/mol. The maximum Gasteiger partial charge on any atom is 0.257 e. The van der Waals surface area contributed by atoms with Crippen LogP contribution in [0.3, 0.4) is 0 Å². The number of piperazine rings is 1. The molecule has 1 saturated heterocycles. The summed E-state index contributed by atoms with van der Waals surface area (Å²) in [6, 6.07) is 28.3. The number of nitrogens with zero attached hydrogens (tertiary/aromatic N) is 3. The number of fused-ring (bicyclic) bond motifs is 1. The third-order valence-corrected chi connectivity index (χ3v) is 7.84. The lowest BCUT2D eigenvalue weighted by atomic mass is 9.99. The summed E-state index contributed by atoms with van der Waals surface area (Å²) in [6.07, 6.45) is 1.69. The lowest BCUT2D eigenvalue weighted by Crippen LogP contribution is -2.44. The number of ketones is 1. The smallest absolute Gasteiger partial charge is 0.257 e. The second-order valence-corrected chi connectivity index (χ2v) is 10.8. The molecule has 6 rings (SSSR count). The molecular formula is C35H30N6O3. The number of benzene rings is 4. The zero-order chi connectivity index (χ0) is 30.6. The summed E-state index contributed by atoms with van der Waals surface area (Å²) in [5.74, 6) is -0.843. The summed E-state index contributed by atoms with van der Waals surface area (Å²) in [5.41, 5.74) is 5.92. The normalized spacial score (nSPS) is 15.3. The summed E-state index contributed by atoms with van der Waals surface area (Å²) in [5, 5.41) is 17.9. The first-order valence-corrected chi connectivity index (χ1v) is 14.3. The first-order chi connectivity index (χ1) is 21.4. The zero-order valence-corrected chi connectivity index (χ0v) is 24.1. The van der Waals surface area contributed by atoms with Gasteiger partial charge in [-0.2, -0.15) is 5.26 Å². The van der Waals surface area contributed by atoms with Crippen LogP contribution in [0.5, 0.6) is 0 Å². The predicted molar refractivity (Wildman–Crippen MR) is 172 cm³/mol. The van der Waals surface area contributed by atoms with E-state index < -0.39 is 0 Å². The summed E-state index contributed by atoms with van der Waals surface area (Å²) < 4.78 is 0. The van der Waals surface area contributed by atoms with Gasteiger partial charge in [0.1, 0.15) is 0 Å². The minimum absolute atomic E-state index is 0.243. The molecule has 218 valence electrons. The number of amides is 2. The molecule has 0 aliphatic carbocycles. The highest BCUT2D eigenvalue weighted by atomic mass is 16.2. The number of carbonyl (C=O) groups is 3. The van der Waals surface area contributed by atoms with E-state index in [2.05, 4.69) is 44.9 Å². The summed E-state index contributed by atoms with van der Waals surface area (Å²) in [6.45, 7) is 4.08. The van der Waals surface area contributed by atoms with Gasteiger partial charge in [-0.25, -0.2) is 0 Å². The standard InChI is InChI=1S/C35H30N6O3/c1-40-15-17-41(18-16-40)29-12-10-27(11-13-29)37-22-31-30-14-9-26(20-32(30)39-35(31)44)33(42)25-3-2-4-28(19-25)38-34(43)24-7-5-23(21-36)6-8-24/h2-14,19-20,22,37H,15-18H2,1H3,(H,38,43)(H,39,44)/b31-22+. The average molecular weight is 583 g/mol. The number of rotatable bonds is 7. The molecule has 3 N–H and O–H groups in total. The number of carbonyl (C=O) groups excluding carboxylic acids is 3. The number of anilines is 4. The fourth-order valence-corrected chi connectivity index (χ4v) is 5.27. The molecule has 0 unspecified atom stereocenters. The Morgan fingerprint density at radius 3 is 2.27 bits per heavy atom. The van der Waals surface area contributed by atoms with E-state index in [0.717, 1.165) is 31.9 Å². The van der Waals surface area contributed by atoms with Crippen LogP contribution in [0.2, 0.25) is 0 Å². The molecule has 2 aliphatic heterocycles. The maximum absolute atomic E-state index is 13.4. The van der Waals surface area contributed by atoms with E-state index in [1.165, 1.54) is 5.69 Å². The zero-order valence-electron chi connectivity index (χ0n) is 24.1. The van der Waals surface area contributed by atoms with Crippen molar-refractivity contribution in [1.29, 1.82) is 5.26 Å². The topological polar surface area (TPSA) is 118 Å². The fourth-order valence-electron chi connectivity index (χ4n) is 5.27. The van der Waals surface area contributed by atoms with Gasteiger partial charge in [-0.3, -0.25) is 14.4 Å². The van der Waals surface area contributed by atoms with Gasteiger partial charge in [0.15, 0.2) is 5.78 Å². The van der Waals surface area contributed by atoms with Gasteiger partial charge in [0.25, 0.3) is 11.8 Å². The van der Waals surface area contributed by atoms with Crippen molar-refractivity contribution in [2.45, 2.75) is 0 Å². The van der Waals surface area contributed by atoms with Gasteiger partial charge in [-0.05, 0) is 73.8 Å². The molecule has 2 aliphatic rings. The highest BCUT2D eigenvalue weighted by Gasteiger charge is 2.25. The van der Waals surface area contributed by atoms with Gasteiger partial charge >= 0.3 is 0 Å². The first-order valence-electron chi connectivity index (χ1n) is 14.3. The fraction of sp³-hybridized carbons (Fsp3) is 0.143. The van der Waals surface area contributed by atoms with E-state index in [-0.39, 0.29) is 17.6 Å². The molecule has 9 heteroatoms. The van der Waals surface area contributed by atoms with Crippen LogP contribution in [0.15, 0.2) is 97.2 Å². The molecule has 2 heterocycles. The van der Waals surface area contributed by atoms with Crippen molar-refractivity contribution in [3.05, 3.63) is 125 Å². The molecule has 9 nitrogen and oxygen atoms in total. The molecule has 0 atom stereocenters. The van der Waals surface area contributed by atoms with Crippen LogP contribution in [0.4, 0.5) is 22.7 Å². The molecule has 0 bridgehead atoms. The lowest BCUT2D eigenvalue weighted by molar-refractivity contribution is -0.110. The van der Waals surface area contributed by atoms with E-state index in [4.69, 9.17) is 5.26 Å². The van der Waals surface area contributed by atoms with E-state index in [0.29, 0.717) is 44.8 Å². The SMILES string of the molecule is CN1CCN(c2ccc(N/C=C3/C(=O)Nc4cc(C(=O)c5cccc(NC(=O)c6ccc(C#N)cc6)c5)ccc43)cc2)CC1. The van der Waals surface area contributed by atoms with Crippen molar-refractivity contribution < 1.29 is 14.4 Å². The summed E-state index contributed by atoms with van der Waals surface area (Å²) in [7, 11) is 2.14. The van der Waals surface area contributed by atoms with Crippen molar-refractivity contribution >= 4 is 45.9 Å². The molecule has 0 aromatic heterocycles. The number of nitriles is 1. The Morgan fingerprint density at radius 2 is 1.55 bits per heavy atom. The van der Waals surface area contributed by atoms with E-state index in [9.17, 15) is 14.4 Å². The predicted octanol–water partition coefficient (Wildman–Crippen LogP) is 5.20. The Labute approximate surface area is 255 Å². The Bertz CT molecular complexity index is 1810. The van der Waals surface area contributed by atoms with Crippen molar-refractivity contribution in [2.75, 3.05) is 54.1 Å². The van der Waals surface area contributed by atoms with Crippen LogP contribution >= 0.6 is 0 Å². The van der Waals surface area contributed by atoms with Crippen molar-refractivity contribution in [3.8, 4) is 6.07 Å². The molecule has 4 aromatic carbocycles. The maximum atomic E-state index is 13.4. The van der Waals surface area contributed by atoms with Gasteiger partial charge in [0.2, 0.25) is 0 Å². The van der Waals surface area contributed by atoms with Crippen LogP contribution in [0, 0.1) is 11.3 Å². The summed E-state index contributed by atoms with van der Waals surface area (Å²) >= 11 is 0. The van der Waals surface area contributed by atoms with Crippen molar-refractivity contribution in [3.63, 3.8) is 0 Å². The van der Waals surface area contributed by atoms with E-state index in [1.807, 2.05) is 18.2 Å². The van der Waals surface area contributed by atoms with Crippen molar-refractivity contribution in [1.82, 2.24) is 4.90 Å². The Balaban J connectivity index is 1.13. The Hall–Kier alpha value is -5.72. The molecular weight excluding hydrogens is 552 g/mol. The van der Waals surface area contributed by atoms with Crippen LogP contribution < -0.4 is 20.9 Å². The van der Waals surface area contributed by atoms with Gasteiger partial charge in [-0.15, -0.1) is 0 Å². The van der Waals surface area contributed by atoms with Gasteiger partial charge in [-0.1, -0.05) is 24.3 Å². The van der Waals surface area contributed by atoms with Gasteiger partial charge < -0.3 is 25.8 Å². The van der Waals surface area contributed by atoms with Crippen molar-refractivity contribution in [2.24, 2.45) is 0 Å². The second kappa shape index (κ2) is 12.3. The van der Waals surface area contributed by atoms with Crippen LogP contribution in [0.25, 0.3) is 5.57 Å². The molecule has 0 saturated carbocycles. The van der Waals surface area contributed by atoms with Gasteiger partial charge in [0, 0.05) is 77.4 Å². The van der Waals surface area contributed by atoms with Crippen LogP contribution in [0.1, 0.15) is 37.4 Å². The molecule has 0 radical (unpaired) electrons. The average Bonchev–Trinajstić information content (AvgIpc) is 3.38. The summed E-state index contributed by atoms with van der Waals surface area (Å²) in [4.78, 5) is 43.5.